The lowest BCUT2D eigenvalue weighted by atomic mass is 9.53. The van der Waals surface area contributed by atoms with Crippen LogP contribution in [0, 0.1) is 29.6 Å². The van der Waals surface area contributed by atoms with Crippen molar-refractivity contribution in [1.29, 1.82) is 0 Å². The Kier molecular flexibility index (Phi) is 3.52. The molecule has 4 bridgehead atoms. The summed E-state index contributed by atoms with van der Waals surface area (Å²) < 4.78 is 11.5. The van der Waals surface area contributed by atoms with Gasteiger partial charge >= 0.3 is 5.97 Å². The van der Waals surface area contributed by atoms with Crippen molar-refractivity contribution >= 4 is 5.97 Å². The van der Waals surface area contributed by atoms with Gasteiger partial charge in [0.2, 0.25) is 11.6 Å². The van der Waals surface area contributed by atoms with Crippen LogP contribution in [0.2, 0.25) is 0 Å². The van der Waals surface area contributed by atoms with Crippen LogP contribution in [0.3, 0.4) is 0 Å². The van der Waals surface area contributed by atoms with Crippen LogP contribution in [0.1, 0.15) is 64.2 Å². The summed E-state index contributed by atoms with van der Waals surface area (Å²) in [5.74, 6) is 1.73. The normalized spacial score (nSPS) is 52.3. The smallest absolute Gasteiger partial charge is 0.305 e. The molecule has 0 aromatic rings. The Bertz CT molecular complexity index is 504. The third-order valence-corrected chi connectivity index (χ3v) is 7.40. The minimum atomic E-state index is -0.633. The van der Waals surface area contributed by atoms with Crippen molar-refractivity contribution in [2.75, 3.05) is 7.11 Å². The van der Waals surface area contributed by atoms with Crippen LogP contribution in [-0.4, -0.2) is 24.7 Å². The molecule has 5 saturated carbocycles. The van der Waals surface area contributed by atoms with Crippen LogP contribution in [0.4, 0.5) is 0 Å². The van der Waals surface area contributed by atoms with Gasteiger partial charge in [-0.3, -0.25) is 4.79 Å². The van der Waals surface area contributed by atoms with Gasteiger partial charge in [0.15, 0.2) is 0 Å². The third-order valence-electron chi connectivity index (χ3n) is 7.40. The van der Waals surface area contributed by atoms with Crippen LogP contribution in [0.15, 0.2) is 0 Å². The van der Waals surface area contributed by atoms with Gasteiger partial charge < -0.3 is 9.47 Å². The lowest BCUT2D eigenvalue weighted by molar-refractivity contribution is -0.390. The molecule has 6 aliphatic rings. The Balaban J connectivity index is 1.34. The minimum absolute atomic E-state index is 0.139. The molecule has 5 aliphatic carbocycles. The van der Waals surface area contributed by atoms with Gasteiger partial charge in [0.1, 0.15) is 0 Å². The van der Waals surface area contributed by atoms with Crippen LogP contribution in [0.5, 0.6) is 0 Å². The summed E-state index contributed by atoms with van der Waals surface area (Å²) in [4.78, 5) is 23.6. The fraction of sp³-hybridized carbons (Fsp3) is 0.947. The highest BCUT2D eigenvalue weighted by molar-refractivity contribution is 5.69. The summed E-state index contributed by atoms with van der Waals surface area (Å²) in [7, 11) is 1.45. The van der Waals surface area contributed by atoms with E-state index < -0.39 is 11.6 Å². The van der Waals surface area contributed by atoms with Crippen LogP contribution < -0.4 is 0 Å². The van der Waals surface area contributed by atoms with E-state index in [4.69, 9.17) is 19.2 Å². The van der Waals surface area contributed by atoms with Crippen molar-refractivity contribution < 1.29 is 24.0 Å². The maximum Gasteiger partial charge on any atom is 0.305 e. The SMILES string of the molecule is COC(=O)C[C@@H]1CCC[C@]2(C1)OOC1(O2)C2CC3CC(C2)CC1C3. The number of hydrogen-bond acceptors (Lipinski definition) is 5. The second-order valence-electron chi connectivity index (χ2n) is 8.95. The highest BCUT2D eigenvalue weighted by Gasteiger charge is 2.66. The van der Waals surface area contributed by atoms with Gasteiger partial charge in [0.05, 0.1) is 7.11 Å². The van der Waals surface area contributed by atoms with Crippen LogP contribution >= 0.6 is 0 Å². The Morgan fingerprint density at radius 1 is 1.08 bits per heavy atom. The van der Waals surface area contributed by atoms with Crippen molar-refractivity contribution in [3.63, 3.8) is 0 Å². The summed E-state index contributed by atoms with van der Waals surface area (Å²) in [6, 6.07) is 0. The van der Waals surface area contributed by atoms with Crippen LogP contribution in [0.25, 0.3) is 0 Å². The molecule has 0 N–H and O–H groups in total. The van der Waals surface area contributed by atoms with Gasteiger partial charge in [-0.2, -0.15) is 9.78 Å². The first-order chi connectivity index (χ1) is 11.6. The molecule has 2 spiro atoms. The zero-order valence-corrected chi connectivity index (χ0v) is 14.5. The van der Waals surface area contributed by atoms with Crippen molar-refractivity contribution in [3.8, 4) is 0 Å². The van der Waals surface area contributed by atoms with Gasteiger partial charge in [-0.1, -0.05) is 0 Å². The predicted molar refractivity (Wildman–Crippen MR) is 84.4 cm³/mol. The third kappa shape index (κ3) is 2.27. The molecule has 6 rings (SSSR count). The van der Waals surface area contributed by atoms with Crippen molar-refractivity contribution in [2.24, 2.45) is 29.6 Å². The zero-order valence-electron chi connectivity index (χ0n) is 14.5. The highest BCUT2D eigenvalue weighted by Crippen LogP contribution is 2.64. The van der Waals surface area contributed by atoms with E-state index in [2.05, 4.69) is 0 Å². The highest BCUT2D eigenvalue weighted by atomic mass is 17.3. The van der Waals surface area contributed by atoms with E-state index in [1.54, 1.807) is 0 Å². The summed E-state index contributed by atoms with van der Waals surface area (Å²) in [6.07, 6.45) is 10.5. The average molecular weight is 336 g/mol. The number of carbonyl (C=O) groups excluding carboxylic acids is 1. The molecule has 0 unspecified atom stereocenters. The Hall–Kier alpha value is -0.650. The van der Waals surface area contributed by atoms with Crippen molar-refractivity contribution in [2.45, 2.75) is 75.8 Å². The second kappa shape index (κ2) is 5.42. The second-order valence-corrected chi connectivity index (χ2v) is 8.95. The monoisotopic (exact) mass is 336 g/mol. The van der Waals surface area contributed by atoms with E-state index in [0.717, 1.165) is 37.5 Å². The van der Waals surface area contributed by atoms with E-state index in [9.17, 15) is 4.79 Å². The molecular weight excluding hydrogens is 308 g/mol. The standard InChI is InChI=1S/C19H28O5/c1-21-17(20)10-12-3-2-4-18(11-12)22-19(24-23-18)15-6-13-5-14(8-15)9-16(19)7-13/h12-16H,2-11H2,1H3/t12-,13?,14?,15?,16?,18+,19?/m0/s1. The van der Waals surface area contributed by atoms with Gasteiger partial charge in [-0.25, -0.2) is 0 Å². The first-order valence-corrected chi connectivity index (χ1v) is 9.74. The van der Waals surface area contributed by atoms with E-state index >= 15 is 0 Å². The fourth-order valence-electron chi connectivity index (χ4n) is 6.58. The van der Waals surface area contributed by atoms with Crippen LogP contribution in [-0.2, 0) is 24.0 Å². The Labute approximate surface area is 143 Å². The number of carbonyl (C=O) groups is 1. The van der Waals surface area contributed by atoms with Crippen molar-refractivity contribution in [3.05, 3.63) is 0 Å². The van der Waals surface area contributed by atoms with E-state index in [1.807, 2.05) is 0 Å². The number of methoxy groups -OCH3 is 1. The molecule has 0 aromatic carbocycles. The topological polar surface area (TPSA) is 54.0 Å². The summed E-state index contributed by atoms with van der Waals surface area (Å²) >= 11 is 0. The van der Waals surface area contributed by atoms with E-state index in [-0.39, 0.29) is 11.9 Å². The molecule has 134 valence electrons. The molecule has 2 atom stereocenters. The summed E-state index contributed by atoms with van der Waals surface area (Å²) in [5, 5.41) is 0. The Morgan fingerprint density at radius 3 is 2.46 bits per heavy atom. The lowest BCUT2D eigenvalue weighted by Crippen LogP contribution is -2.59. The molecular formula is C19H28O5. The van der Waals surface area contributed by atoms with Crippen molar-refractivity contribution in [1.82, 2.24) is 0 Å². The Morgan fingerprint density at radius 2 is 1.79 bits per heavy atom. The number of ether oxygens (including phenoxy) is 2. The van der Waals surface area contributed by atoms with E-state index in [1.165, 1.54) is 39.2 Å². The molecule has 24 heavy (non-hydrogen) atoms. The molecule has 1 saturated heterocycles. The first-order valence-electron chi connectivity index (χ1n) is 9.74. The summed E-state index contributed by atoms with van der Waals surface area (Å²) in [5.41, 5.74) is 0. The maximum atomic E-state index is 11.6. The number of esters is 1. The largest absolute Gasteiger partial charge is 0.469 e. The first kappa shape index (κ1) is 15.6. The van der Waals surface area contributed by atoms with Gasteiger partial charge in [-0.15, -0.1) is 0 Å². The zero-order chi connectivity index (χ0) is 16.4. The molecule has 5 heteroatoms. The number of hydrogen-bond donors (Lipinski definition) is 0. The molecule has 0 radical (unpaired) electrons. The lowest BCUT2D eigenvalue weighted by Gasteiger charge is -2.57. The molecule has 6 fully saturated rings. The molecule has 1 aliphatic heterocycles. The molecule has 0 amide bonds. The quantitative estimate of drug-likeness (QED) is 0.570. The number of rotatable bonds is 2. The van der Waals surface area contributed by atoms with E-state index in [0.29, 0.717) is 18.3 Å². The predicted octanol–water partition coefficient (Wildman–Crippen LogP) is 3.57. The maximum absolute atomic E-state index is 11.6. The molecule has 5 nitrogen and oxygen atoms in total. The molecule has 1 heterocycles. The minimum Gasteiger partial charge on any atom is -0.469 e. The summed E-state index contributed by atoms with van der Waals surface area (Å²) in [6.45, 7) is 0. The van der Waals surface area contributed by atoms with Gasteiger partial charge in [0.25, 0.3) is 0 Å². The fourth-order valence-corrected chi connectivity index (χ4v) is 6.58. The van der Waals surface area contributed by atoms with Gasteiger partial charge in [-0.05, 0) is 62.7 Å². The molecule has 0 aromatic heterocycles. The average Bonchev–Trinajstić information content (AvgIpc) is 2.92. The van der Waals surface area contributed by atoms with Gasteiger partial charge in [0, 0.05) is 31.1 Å².